The van der Waals surface area contributed by atoms with E-state index in [1.165, 1.54) is 31.4 Å². The van der Waals surface area contributed by atoms with E-state index in [2.05, 4.69) is 11.4 Å². The number of nitro groups is 1. The summed E-state index contributed by atoms with van der Waals surface area (Å²) in [6.07, 6.45) is 1.63. The lowest BCUT2D eigenvalue weighted by molar-refractivity contribution is -0.384. The topological polar surface area (TPSA) is 124 Å². The van der Waals surface area contributed by atoms with Gasteiger partial charge in [0.15, 0.2) is 18.1 Å². The van der Waals surface area contributed by atoms with Crippen LogP contribution in [0.15, 0.2) is 66.7 Å². The van der Waals surface area contributed by atoms with Crippen molar-refractivity contribution in [2.75, 3.05) is 26.1 Å². The van der Waals surface area contributed by atoms with Crippen molar-refractivity contribution in [3.8, 4) is 23.3 Å². The molecule has 172 valence electrons. The average Bonchev–Trinajstić information content (AvgIpc) is 2.86. The highest BCUT2D eigenvalue weighted by Gasteiger charge is 2.11. The van der Waals surface area contributed by atoms with Gasteiger partial charge in [-0.15, -0.1) is 0 Å². The number of methoxy groups -OCH3 is 2. The van der Waals surface area contributed by atoms with Gasteiger partial charge >= 0.3 is 0 Å². The number of nitrogens with zero attached hydrogens (tertiary/aromatic N) is 2. The van der Waals surface area contributed by atoms with Crippen LogP contribution in [0.4, 0.5) is 11.4 Å². The molecular weight excluding hydrogens is 438 g/mol. The Labute approximate surface area is 196 Å². The lowest BCUT2D eigenvalue weighted by Crippen LogP contribution is -2.20. The van der Waals surface area contributed by atoms with Crippen molar-refractivity contribution in [3.63, 3.8) is 0 Å². The maximum absolute atomic E-state index is 12.2. The molecule has 0 aliphatic heterocycles. The van der Waals surface area contributed by atoms with E-state index in [1.54, 1.807) is 55.7 Å². The Morgan fingerprint density at radius 1 is 1.03 bits per heavy atom. The van der Waals surface area contributed by atoms with Crippen molar-refractivity contribution in [1.29, 1.82) is 5.26 Å². The second-order valence-electron chi connectivity index (χ2n) is 6.95. The first-order valence-electron chi connectivity index (χ1n) is 10.0. The Kier molecular flexibility index (Phi) is 7.81. The molecule has 0 heterocycles. The van der Waals surface area contributed by atoms with Crippen molar-refractivity contribution >= 4 is 28.9 Å². The van der Waals surface area contributed by atoms with E-state index in [-0.39, 0.29) is 18.2 Å². The molecule has 0 unspecified atom stereocenters. The number of nitriles is 1. The highest BCUT2D eigenvalue weighted by atomic mass is 16.6. The normalized spacial score (nSPS) is 10.7. The van der Waals surface area contributed by atoms with Gasteiger partial charge < -0.3 is 19.5 Å². The van der Waals surface area contributed by atoms with Crippen LogP contribution >= 0.6 is 0 Å². The number of nitro benzene ring substituents is 1. The Hall–Kier alpha value is -4.84. The first kappa shape index (κ1) is 23.8. The molecule has 9 nitrogen and oxygen atoms in total. The molecule has 0 saturated heterocycles. The largest absolute Gasteiger partial charge is 0.497 e. The van der Waals surface area contributed by atoms with E-state index in [4.69, 9.17) is 14.2 Å². The van der Waals surface area contributed by atoms with Gasteiger partial charge in [0.1, 0.15) is 5.75 Å². The summed E-state index contributed by atoms with van der Waals surface area (Å²) in [4.78, 5) is 22.5. The molecule has 9 heteroatoms. The van der Waals surface area contributed by atoms with E-state index < -0.39 is 4.92 Å². The minimum atomic E-state index is -0.500. The van der Waals surface area contributed by atoms with Crippen LogP contribution in [-0.4, -0.2) is 31.7 Å². The van der Waals surface area contributed by atoms with Crippen LogP contribution in [0.1, 0.15) is 11.1 Å². The third-order valence-corrected chi connectivity index (χ3v) is 4.74. The maximum Gasteiger partial charge on any atom is 0.269 e. The summed E-state index contributed by atoms with van der Waals surface area (Å²) in [5.41, 5.74) is 2.08. The Morgan fingerprint density at radius 3 is 2.32 bits per heavy atom. The zero-order valence-corrected chi connectivity index (χ0v) is 18.5. The average molecular weight is 459 g/mol. The second-order valence-corrected chi connectivity index (χ2v) is 6.95. The van der Waals surface area contributed by atoms with Gasteiger partial charge in [0.25, 0.3) is 11.6 Å². The molecule has 3 aromatic rings. The van der Waals surface area contributed by atoms with Gasteiger partial charge in [-0.1, -0.05) is 6.07 Å². The second kappa shape index (κ2) is 11.2. The molecule has 3 aromatic carbocycles. The summed E-state index contributed by atoms with van der Waals surface area (Å²) in [5.74, 6) is 1.08. The van der Waals surface area contributed by atoms with Gasteiger partial charge in [0, 0.05) is 17.8 Å². The molecule has 0 aromatic heterocycles. The van der Waals surface area contributed by atoms with Crippen LogP contribution in [0.2, 0.25) is 0 Å². The molecule has 0 aliphatic carbocycles. The first-order valence-corrected chi connectivity index (χ1v) is 10.0. The fraction of sp³-hybridized carbons (Fsp3) is 0.120. The standard InChI is InChI=1S/C25H21N3O6/c1-32-22-10-6-20(7-11-22)27-25(29)16-34-23-12-3-17(14-24(23)33-2)13-19(15-26)18-4-8-21(9-5-18)28(30)31/h3-14H,16H2,1-2H3,(H,27,29)/b19-13+. The Morgan fingerprint density at radius 2 is 1.74 bits per heavy atom. The van der Waals surface area contributed by atoms with Crippen LogP contribution < -0.4 is 19.5 Å². The maximum atomic E-state index is 12.2. The van der Waals surface area contributed by atoms with E-state index >= 15 is 0 Å². The SMILES string of the molecule is COc1ccc(NC(=O)COc2ccc(/C=C(\C#N)c3ccc([N+](=O)[O-])cc3)cc2OC)cc1. The fourth-order valence-electron chi connectivity index (χ4n) is 3.02. The number of hydrogen-bond donors (Lipinski definition) is 1. The third kappa shape index (κ3) is 6.11. The summed E-state index contributed by atoms with van der Waals surface area (Å²) < 4.78 is 16.1. The summed E-state index contributed by atoms with van der Waals surface area (Å²) in [5, 5.41) is 23.1. The molecular formula is C25H21N3O6. The van der Waals surface area contributed by atoms with E-state index in [0.29, 0.717) is 39.6 Å². The lowest BCUT2D eigenvalue weighted by Gasteiger charge is -2.12. The van der Waals surface area contributed by atoms with E-state index in [1.807, 2.05) is 0 Å². The molecule has 1 N–H and O–H groups in total. The van der Waals surface area contributed by atoms with Gasteiger partial charge in [0.2, 0.25) is 0 Å². The molecule has 0 aliphatic rings. The molecule has 3 rings (SSSR count). The number of nitrogens with one attached hydrogen (secondary N) is 1. The van der Waals surface area contributed by atoms with Gasteiger partial charge in [-0.25, -0.2) is 0 Å². The zero-order valence-electron chi connectivity index (χ0n) is 18.5. The fourth-order valence-corrected chi connectivity index (χ4v) is 3.02. The first-order chi connectivity index (χ1) is 16.4. The molecule has 0 saturated carbocycles. The number of amides is 1. The Balaban J connectivity index is 1.69. The summed E-state index contributed by atoms with van der Waals surface area (Å²) in [6, 6.07) is 19.7. The van der Waals surface area contributed by atoms with Crippen molar-refractivity contribution in [2.24, 2.45) is 0 Å². The highest BCUT2D eigenvalue weighted by molar-refractivity contribution is 5.92. The number of benzene rings is 3. The van der Waals surface area contributed by atoms with Crippen LogP contribution in [-0.2, 0) is 4.79 Å². The minimum absolute atomic E-state index is 0.0553. The van der Waals surface area contributed by atoms with Crippen molar-refractivity contribution < 1.29 is 23.9 Å². The van der Waals surface area contributed by atoms with Crippen LogP contribution in [0.3, 0.4) is 0 Å². The molecule has 34 heavy (non-hydrogen) atoms. The van der Waals surface area contributed by atoms with Crippen molar-refractivity contribution in [3.05, 3.63) is 88.0 Å². The van der Waals surface area contributed by atoms with Crippen molar-refractivity contribution in [2.45, 2.75) is 0 Å². The van der Waals surface area contributed by atoms with Gasteiger partial charge in [-0.05, 0) is 65.7 Å². The molecule has 0 atom stereocenters. The summed E-state index contributed by atoms with van der Waals surface area (Å²) >= 11 is 0. The van der Waals surface area contributed by atoms with Gasteiger partial charge in [-0.2, -0.15) is 5.26 Å². The quantitative estimate of drug-likeness (QED) is 0.213. The number of non-ortho nitro benzene ring substituents is 1. The minimum Gasteiger partial charge on any atom is -0.497 e. The predicted molar refractivity (Wildman–Crippen MR) is 127 cm³/mol. The number of hydrogen-bond acceptors (Lipinski definition) is 7. The Bertz CT molecular complexity index is 1250. The summed E-state index contributed by atoms with van der Waals surface area (Å²) in [6.45, 7) is -0.232. The van der Waals surface area contributed by atoms with Crippen LogP contribution in [0.5, 0.6) is 17.2 Å². The number of carbonyl (C=O) groups is 1. The number of allylic oxidation sites excluding steroid dienone is 1. The summed E-state index contributed by atoms with van der Waals surface area (Å²) in [7, 11) is 3.03. The molecule has 0 radical (unpaired) electrons. The van der Waals surface area contributed by atoms with Gasteiger partial charge in [0.05, 0.1) is 30.8 Å². The zero-order chi connectivity index (χ0) is 24.5. The molecule has 0 bridgehead atoms. The number of rotatable bonds is 9. The third-order valence-electron chi connectivity index (χ3n) is 4.74. The van der Waals surface area contributed by atoms with E-state index in [0.717, 1.165) is 0 Å². The molecule has 1 amide bonds. The smallest absolute Gasteiger partial charge is 0.269 e. The van der Waals surface area contributed by atoms with Crippen LogP contribution in [0.25, 0.3) is 11.6 Å². The number of ether oxygens (including phenoxy) is 3. The molecule has 0 fully saturated rings. The molecule has 0 spiro atoms. The number of anilines is 1. The predicted octanol–water partition coefficient (Wildman–Crippen LogP) is 4.69. The number of carbonyl (C=O) groups excluding carboxylic acids is 1. The monoisotopic (exact) mass is 459 g/mol. The highest BCUT2D eigenvalue weighted by Crippen LogP contribution is 2.30. The van der Waals surface area contributed by atoms with Crippen molar-refractivity contribution in [1.82, 2.24) is 0 Å². The van der Waals surface area contributed by atoms with E-state index in [9.17, 15) is 20.2 Å². The van der Waals surface area contributed by atoms with Gasteiger partial charge in [-0.3, -0.25) is 14.9 Å². The lowest BCUT2D eigenvalue weighted by atomic mass is 10.0. The van der Waals surface area contributed by atoms with Crippen LogP contribution in [0, 0.1) is 21.4 Å².